The number of rotatable bonds is 9. The molecule has 6 nitrogen and oxygen atoms in total. The summed E-state index contributed by atoms with van der Waals surface area (Å²) in [6, 6.07) is 26.2. The molecule has 0 aliphatic carbocycles. The van der Waals surface area contributed by atoms with Crippen molar-refractivity contribution in [2.24, 2.45) is 0 Å². The van der Waals surface area contributed by atoms with Gasteiger partial charge in [-0.1, -0.05) is 60.2 Å². The maximum atomic E-state index is 12.6. The molecule has 4 aromatic rings. The molecule has 0 aliphatic heterocycles. The molecule has 3 aromatic carbocycles. The maximum Gasteiger partial charge on any atom is 0.229 e. The first-order chi connectivity index (χ1) is 16.9. The Bertz CT molecular complexity index is 1280. The van der Waals surface area contributed by atoms with E-state index in [1.165, 1.54) is 0 Å². The minimum atomic E-state index is -0.0882. The van der Waals surface area contributed by atoms with Crippen LogP contribution in [-0.4, -0.2) is 29.8 Å². The Labute approximate surface area is 207 Å². The highest BCUT2D eigenvalue weighted by Gasteiger charge is 2.12. The fourth-order valence-electron chi connectivity index (χ4n) is 3.88. The number of nitrogens with zero attached hydrogens (tertiary/aromatic N) is 3. The summed E-state index contributed by atoms with van der Waals surface area (Å²) in [5, 5.41) is 7.57. The molecule has 1 heterocycles. The van der Waals surface area contributed by atoms with Gasteiger partial charge in [-0.15, -0.1) is 0 Å². The van der Waals surface area contributed by atoms with Crippen molar-refractivity contribution in [1.82, 2.24) is 9.78 Å². The summed E-state index contributed by atoms with van der Waals surface area (Å²) in [5.74, 6) is 1.30. The van der Waals surface area contributed by atoms with Gasteiger partial charge in [0.15, 0.2) is 5.82 Å². The monoisotopic (exact) mass is 468 g/mol. The van der Waals surface area contributed by atoms with E-state index >= 15 is 0 Å². The molecular formula is C29H32N4O2. The van der Waals surface area contributed by atoms with Gasteiger partial charge in [0.05, 0.1) is 13.0 Å². The number of ether oxygens (including phenoxy) is 1. The number of hydrogen-bond donors (Lipinski definition) is 1. The molecule has 0 radical (unpaired) electrons. The van der Waals surface area contributed by atoms with E-state index in [4.69, 9.17) is 4.74 Å². The van der Waals surface area contributed by atoms with Crippen LogP contribution in [0.5, 0.6) is 5.75 Å². The van der Waals surface area contributed by atoms with E-state index in [9.17, 15) is 4.79 Å². The molecule has 1 amide bonds. The first kappa shape index (κ1) is 24.1. The Hall–Kier alpha value is -4.06. The van der Waals surface area contributed by atoms with Crippen LogP contribution in [-0.2, 0) is 24.4 Å². The lowest BCUT2D eigenvalue weighted by Gasteiger charge is -2.13. The van der Waals surface area contributed by atoms with Crippen LogP contribution in [0.3, 0.4) is 0 Å². The predicted octanol–water partition coefficient (Wildman–Crippen LogP) is 5.37. The summed E-state index contributed by atoms with van der Waals surface area (Å²) < 4.78 is 8.03. The molecule has 0 saturated heterocycles. The SMILES string of the molecule is Cc1ccc(OCc2ccccc2)c(Cn2nc(NC(=O)Cc3ccc(N(C)C)cc3)cc2C)c1. The number of anilines is 2. The van der Waals surface area contributed by atoms with Crippen molar-refractivity contribution in [3.63, 3.8) is 0 Å². The van der Waals surface area contributed by atoms with Gasteiger partial charge in [0.1, 0.15) is 12.4 Å². The molecule has 1 aromatic heterocycles. The molecule has 35 heavy (non-hydrogen) atoms. The van der Waals surface area contributed by atoms with Crippen LogP contribution in [0.1, 0.15) is 27.9 Å². The number of carbonyl (C=O) groups excluding carboxylic acids is 1. The van der Waals surface area contributed by atoms with Crippen molar-refractivity contribution in [3.05, 3.63) is 107 Å². The van der Waals surface area contributed by atoms with Crippen molar-refractivity contribution in [2.45, 2.75) is 33.4 Å². The van der Waals surface area contributed by atoms with Crippen LogP contribution in [0.4, 0.5) is 11.5 Å². The molecule has 0 aliphatic rings. The summed E-state index contributed by atoms with van der Waals surface area (Å²) >= 11 is 0. The summed E-state index contributed by atoms with van der Waals surface area (Å²) in [6.45, 7) is 5.12. The molecule has 0 bridgehead atoms. The summed E-state index contributed by atoms with van der Waals surface area (Å²) in [5.41, 5.74) is 6.36. The Balaban J connectivity index is 1.42. The molecule has 0 saturated carbocycles. The molecule has 0 atom stereocenters. The van der Waals surface area contributed by atoms with Crippen molar-refractivity contribution in [2.75, 3.05) is 24.3 Å². The van der Waals surface area contributed by atoms with Gasteiger partial charge in [-0.05, 0) is 43.2 Å². The van der Waals surface area contributed by atoms with Crippen molar-refractivity contribution >= 4 is 17.4 Å². The molecule has 0 fully saturated rings. The van der Waals surface area contributed by atoms with Crippen LogP contribution < -0.4 is 15.0 Å². The second-order valence-corrected chi connectivity index (χ2v) is 9.00. The first-order valence-electron chi connectivity index (χ1n) is 11.7. The van der Waals surface area contributed by atoms with Crippen LogP contribution in [0.25, 0.3) is 0 Å². The third-order valence-electron chi connectivity index (χ3n) is 5.84. The van der Waals surface area contributed by atoms with Crippen molar-refractivity contribution in [1.29, 1.82) is 0 Å². The number of benzene rings is 3. The van der Waals surface area contributed by atoms with Gasteiger partial charge in [0.25, 0.3) is 0 Å². The standard InChI is InChI=1S/C29H32N4O2/c1-21-10-15-27(35-20-24-8-6-5-7-9-24)25(16-21)19-33-22(2)17-28(31-33)30-29(34)18-23-11-13-26(14-12-23)32(3)4/h5-17H,18-20H2,1-4H3,(H,30,31,34). The van der Waals surface area contributed by atoms with Crippen LogP contribution in [0.15, 0.2) is 78.9 Å². The molecule has 180 valence electrons. The predicted molar refractivity (Wildman–Crippen MR) is 141 cm³/mol. The molecule has 0 unspecified atom stereocenters. The maximum absolute atomic E-state index is 12.6. The molecule has 1 N–H and O–H groups in total. The largest absolute Gasteiger partial charge is 0.489 e. The van der Waals surface area contributed by atoms with Crippen molar-refractivity contribution < 1.29 is 9.53 Å². The molecule has 6 heteroatoms. The summed E-state index contributed by atoms with van der Waals surface area (Å²) in [7, 11) is 3.99. The van der Waals surface area contributed by atoms with Gasteiger partial charge in [-0.3, -0.25) is 9.48 Å². The molecule has 4 rings (SSSR count). The third kappa shape index (κ3) is 6.51. The normalized spacial score (nSPS) is 10.7. The highest BCUT2D eigenvalue weighted by molar-refractivity contribution is 5.91. The van der Waals surface area contributed by atoms with Gasteiger partial charge in [0.2, 0.25) is 5.91 Å². The second-order valence-electron chi connectivity index (χ2n) is 9.00. The number of aryl methyl sites for hydroxylation is 2. The quantitative estimate of drug-likeness (QED) is 0.359. The number of hydrogen-bond acceptors (Lipinski definition) is 4. The summed E-state index contributed by atoms with van der Waals surface area (Å²) in [4.78, 5) is 14.6. The highest BCUT2D eigenvalue weighted by atomic mass is 16.5. The van der Waals surface area contributed by atoms with E-state index in [2.05, 4.69) is 41.6 Å². The average Bonchev–Trinajstić information content (AvgIpc) is 3.17. The fourth-order valence-corrected chi connectivity index (χ4v) is 3.88. The zero-order valence-electron chi connectivity index (χ0n) is 20.8. The lowest BCUT2D eigenvalue weighted by Crippen LogP contribution is -2.15. The topological polar surface area (TPSA) is 59.4 Å². The van der Waals surface area contributed by atoms with Gasteiger partial charge in [0, 0.05) is 37.1 Å². The minimum Gasteiger partial charge on any atom is -0.489 e. The number of nitrogens with one attached hydrogen (secondary N) is 1. The second kappa shape index (κ2) is 10.9. The summed E-state index contributed by atoms with van der Waals surface area (Å²) in [6.07, 6.45) is 0.301. The van der Waals surface area contributed by atoms with Gasteiger partial charge < -0.3 is 15.0 Å². The van der Waals surface area contributed by atoms with Crippen LogP contribution in [0.2, 0.25) is 0 Å². The Morgan fingerprint density at radius 2 is 1.69 bits per heavy atom. The average molecular weight is 469 g/mol. The highest BCUT2D eigenvalue weighted by Crippen LogP contribution is 2.24. The van der Waals surface area contributed by atoms with Gasteiger partial charge >= 0.3 is 0 Å². The van der Waals surface area contributed by atoms with Gasteiger partial charge in [-0.25, -0.2) is 0 Å². The Kier molecular flexibility index (Phi) is 7.51. The first-order valence-corrected chi connectivity index (χ1v) is 11.7. The lowest BCUT2D eigenvalue weighted by atomic mass is 10.1. The fraction of sp³-hybridized carbons (Fsp3) is 0.241. The molecule has 0 spiro atoms. The zero-order chi connectivity index (χ0) is 24.8. The van der Waals surface area contributed by atoms with E-state index in [1.807, 2.05) is 85.2 Å². The van der Waals surface area contributed by atoms with Crippen molar-refractivity contribution in [3.8, 4) is 5.75 Å². The van der Waals surface area contributed by atoms with E-state index in [-0.39, 0.29) is 5.91 Å². The van der Waals surface area contributed by atoms with E-state index in [1.54, 1.807) is 0 Å². The molecular weight excluding hydrogens is 436 g/mol. The van der Waals surface area contributed by atoms with E-state index in [0.29, 0.717) is 25.4 Å². The lowest BCUT2D eigenvalue weighted by molar-refractivity contribution is -0.115. The van der Waals surface area contributed by atoms with E-state index < -0.39 is 0 Å². The Morgan fingerprint density at radius 3 is 2.40 bits per heavy atom. The minimum absolute atomic E-state index is 0.0882. The van der Waals surface area contributed by atoms with Crippen LogP contribution >= 0.6 is 0 Å². The Morgan fingerprint density at radius 1 is 0.943 bits per heavy atom. The van der Waals surface area contributed by atoms with Crippen LogP contribution in [0, 0.1) is 13.8 Å². The van der Waals surface area contributed by atoms with E-state index in [0.717, 1.165) is 39.4 Å². The number of carbonyl (C=O) groups is 1. The smallest absolute Gasteiger partial charge is 0.229 e. The zero-order valence-corrected chi connectivity index (χ0v) is 20.8. The third-order valence-corrected chi connectivity index (χ3v) is 5.84. The van der Waals surface area contributed by atoms with Gasteiger partial charge in [-0.2, -0.15) is 5.10 Å². The number of amides is 1. The number of aromatic nitrogens is 2.